The second-order valence-electron chi connectivity index (χ2n) is 3.92. The Labute approximate surface area is 101 Å². The summed E-state index contributed by atoms with van der Waals surface area (Å²) < 4.78 is 30.2. The summed E-state index contributed by atoms with van der Waals surface area (Å²) >= 11 is 0. The molecule has 2 rings (SSSR count). The molecule has 0 spiro atoms. The number of nitrogens with zero attached hydrogens (tertiary/aromatic N) is 1. The van der Waals surface area contributed by atoms with Crippen LogP contribution in [0.15, 0.2) is 24.3 Å². The zero-order valence-corrected chi connectivity index (χ0v) is 10.4. The molecule has 0 fully saturated rings. The molecule has 17 heavy (non-hydrogen) atoms. The molecule has 1 atom stereocenters. The highest BCUT2D eigenvalue weighted by atomic mass is 32.2. The molecule has 0 saturated carbocycles. The molecule has 1 unspecified atom stereocenters. The summed E-state index contributed by atoms with van der Waals surface area (Å²) in [6.45, 7) is 0.590. The van der Waals surface area contributed by atoms with Crippen molar-refractivity contribution < 1.29 is 18.3 Å². The number of benzene rings is 1. The minimum absolute atomic E-state index is 0.266. The van der Waals surface area contributed by atoms with Crippen LogP contribution in [0.3, 0.4) is 0 Å². The molecule has 0 aromatic heterocycles. The van der Waals surface area contributed by atoms with Crippen molar-refractivity contribution in [2.45, 2.75) is 6.10 Å². The van der Waals surface area contributed by atoms with Gasteiger partial charge < -0.3 is 9.84 Å². The molecule has 1 aromatic rings. The number of rotatable bonds is 3. The molecule has 0 aliphatic carbocycles. The molecular weight excluding hydrogens is 242 g/mol. The van der Waals surface area contributed by atoms with Gasteiger partial charge in [-0.3, -0.25) is 4.31 Å². The van der Waals surface area contributed by atoms with E-state index in [0.717, 1.165) is 0 Å². The molecule has 0 bridgehead atoms. The van der Waals surface area contributed by atoms with Crippen molar-refractivity contribution in [3.63, 3.8) is 0 Å². The van der Waals surface area contributed by atoms with Gasteiger partial charge in [0.25, 0.3) is 0 Å². The number of aliphatic hydroxyl groups is 1. The maximum atomic E-state index is 12.0. The number of aliphatic hydroxyl groups excluding tert-OH is 1. The first kappa shape index (κ1) is 12.3. The Balaban J connectivity index is 2.44. The summed E-state index contributed by atoms with van der Waals surface area (Å²) in [5.41, 5.74) is 1.20. The Kier molecular flexibility index (Phi) is 3.37. The lowest BCUT2D eigenvalue weighted by molar-refractivity contribution is 0.196. The van der Waals surface area contributed by atoms with Crippen molar-refractivity contribution in [2.24, 2.45) is 0 Å². The van der Waals surface area contributed by atoms with Crippen LogP contribution in [0.2, 0.25) is 0 Å². The average molecular weight is 257 g/mol. The zero-order valence-electron chi connectivity index (χ0n) is 9.54. The quantitative estimate of drug-likeness (QED) is 0.857. The Morgan fingerprint density at radius 2 is 2.18 bits per heavy atom. The number of hydrogen-bond acceptors (Lipinski definition) is 4. The fraction of sp³-hybridized carbons (Fsp3) is 0.455. The van der Waals surface area contributed by atoms with Crippen LogP contribution in [0.5, 0.6) is 0 Å². The van der Waals surface area contributed by atoms with Crippen LogP contribution < -0.4 is 4.31 Å². The van der Waals surface area contributed by atoms with Crippen molar-refractivity contribution in [3.8, 4) is 0 Å². The number of fused-ring (bicyclic) bond motifs is 1. The number of methoxy groups -OCH3 is 1. The highest BCUT2D eigenvalue weighted by Crippen LogP contribution is 2.34. The van der Waals surface area contributed by atoms with Crippen LogP contribution in [0.25, 0.3) is 0 Å². The van der Waals surface area contributed by atoms with Crippen molar-refractivity contribution in [2.75, 3.05) is 30.3 Å². The van der Waals surface area contributed by atoms with Gasteiger partial charge in [0.15, 0.2) is 0 Å². The van der Waals surface area contributed by atoms with Gasteiger partial charge >= 0.3 is 0 Å². The minimum Gasteiger partial charge on any atom is -0.387 e. The van der Waals surface area contributed by atoms with E-state index in [9.17, 15) is 13.5 Å². The molecule has 1 heterocycles. The molecule has 1 aliphatic rings. The normalized spacial score (nSPS) is 22.2. The molecule has 6 heteroatoms. The number of para-hydroxylation sites is 1. The van der Waals surface area contributed by atoms with Crippen LogP contribution in [-0.2, 0) is 14.8 Å². The van der Waals surface area contributed by atoms with Gasteiger partial charge in [0.1, 0.15) is 0 Å². The van der Waals surface area contributed by atoms with Gasteiger partial charge in [-0.25, -0.2) is 8.42 Å². The van der Waals surface area contributed by atoms with Gasteiger partial charge in [0, 0.05) is 12.7 Å². The van der Waals surface area contributed by atoms with Gasteiger partial charge in [0.05, 0.1) is 30.7 Å². The van der Waals surface area contributed by atoms with Crippen LogP contribution in [0, 0.1) is 0 Å². The molecule has 1 N–H and O–H groups in total. The van der Waals surface area contributed by atoms with Crippen LogP contribution >= 0.6 is 0 Å². The summed E-state index contributed by atoms with van der Waals surface area (Å²) in [5, 5.41) is 9.80. The molecule has 0 radical (unpaired) electrons. The standard InChI is InChI=1S/C11H15NO4S/c1-16-7-6-12-10-5-3-2-4-9(10)11(13)8-17(12,14)15/h2-5,11,13H,6-8H2,1H3. The second kappa shape index (κ2) is 4.64. The SMILES string of the molecule is COCCN1c2ccccc2C(O)CS1(=O)=O. The van der Waals surface area contributed by atoms with E-state index in [1.54, 1.807) is 24.3 Å². The molecule has 5 nitrogen and oxygen atoms in total. The van der Waals surface area contributed by atoms with Gasteiger partial charge in [-0.15, -0.1) is 0 Å². The summed E-state index contributed by atoms with van der Waals surface area (Å²) in [4.78, 5) is 0. The monoisotopic (exact) mass is 257 g/mol. The fourth-order valence-corrected chi connectivity index (χ4v) is 3.54. The predicted molar refractivity (Wildman–Crippen MR) is 64.4 cm³/mol. The summed E-state index contributed by atoms with van der Waals surface area (Å²) in [7, 11) is -1.93. The van der Waals surface area contributed by atoms with E-state index in [0.29, 0.717) is 17.9 Å². The summed E-state index contributed by atoms with van der Waals surface area (Å²) in [6, 6.07) is 6.99. The Morgan fingerprint density at radius 1 is 1.47 bits per heavy atom. The van der Waals surface area contributed by atoms with Crippen molar-refractivity contribution in [1.29, 1.82) is 0 Å². The van der Waals surface area contributed by atoms with E-state index in [1.807, 2.05) is 0 Å². The van der Waals surface area contributed by atoms with Gasteiger partial charge in [-0.2, -0.15) is 0 Å². The van der Waals surface area contributed by atoms with Crippen molar-refractivity contribution in [3.05, 3.63) is 29.8 Å². The first-order valence-corrected chi connectivity index (χ1v) is 6.93. The van der Waals surface area contributed by atoms with E-state index >= 15 is 0 Å². The van der Waals surface area contributed by atoms with E-state index in [2.05, 4.69) is 0 Å². The van der Waals surface area contributed by atoms with Crippen LogP contribution in [0.4, 0.5) is 5.69 Å². The Hall–Kier alpha value is -1.11. The molecule has 0 saturated heterocycles. The van der Waals surface area contributed by atoms with Gasteiger partial charge in [-0.1, -0.05) is 18.2 Å². The first-order chi connectivity index (χ1) is 8.06. The van der Waals surface area contributed by atoms with Gasteiger partial charge in [0.2, 0.25) is 10.0 Å². The van der Waals surface area contributed by atoms with Crippen molar-refractivity contribution in [1.82, 2.24) is 0 Å². The van der Waals surface area contributed by atoms with E-state index in [1.165, 1.54) is 11.4 Å². The maximum Gasteiger partial charge on any atom is 0.238 e. The number of hydrogen-bond donors (Lipinski definition) is 1. The zero-order chi connectivity index (χ0) is 12.5. The number of ether oxygens (including phenoxy) is 1. The van der Waals surface area contributed by atoms with Crippen LogP contribution in [0.1, 0.15) is 11.7 Å². The topological polar surface area (TPSA) is 66.8 Å². The molecule has 0 amide bonds. The molecule has 1 aliphatic heterocycles. The third-order valence-electron chi connectivity index (χ3n) is 2.77. The lowest BCUT2D eigenvalue weighted by Gasteiger charge is -2.32. The first-order valence-electron chi connectivity index (χ1n) is 5.32. The minimum atomic E-state index is -3.46. The fourth-order valence-electron chi connectivity index (χ4n) is 1.96. The third-order valence-corrected chi connectivity index (χ3v) is 4.56. The highest BCUT2D eigenvalue weighted by Gasteiger charge is 2.34. The lowest BCUT2D eigenvalue weighted by atomic mass is 10.1. The predicted octanol–water partition coefficient (Wildman–Crippen LogP) is 0.516. The van der Waals surface area contributed by atoms with Gasteiger partial charge in [-0.05, 0) is 6.07 Å². The lowest BCUT2D eigenvalue weighted by Crippen LogP contribution is -2.41. The third kappa shape index (κ3) is 2.29. The van der Waals surface area contributed by atoms with Crippen molar-refractivity contribution >= 4 is 15.7 Å². The molecule has 94 valence electrons. The van der Waals surface area contributed by atoms with E-state index in [4.69, 9.17) is 4.74 Å². The highest BCUT2D eigenvalue weighted by molar-refractivity contribution is 7.92. The largest absolute Gasteiger partial charge is 0.387 e. The Bertz CT molecular complexity index is 500. The molecule has 1 aromatic carbocycles. The average Bonchev–Trinajstić information content (AvgIpc) is 2.28. The van der Waals surface area contributed by atoms with E-state index in [-0.39, 0.29) is 12.3 Å². The Morgan fingerprint density at radius 3 is 2.88 bits per heavy atom. The van der Waals surface area contributed by atoms with Crippen LogP contribution in [-0.4, -0.2) is 39.5 Å². The summed E-state index contributed by atoms with van der Waals surface area (Å²) in [5.74, 6) is -0.270. The second-order valence-corrected chi connectivity index (χ2v) is 5.86. The maximum absolute atomic E-state index is 12.0. The number of sulfonamides is 1. The number of anilines is 1. The van der Waals surface area contributed by atoms with E-state index < -0.39 is 16.1 Å². The smallest absolute Gasteiger partial charge is 0.238 e. The molecular formula is C11H15NO4S. The summed E-state index contributed by atoms with van der Waals surface area (Å²) in [6.07, 6.45) is -0.949.